The van der Waals surface area contributed by atoms with E-state index in [1.807, 2.05) is 30.3 Å². The molecule has 0 radical (unpaired) electrons. The SMILES string of the molecule is CC(C)(C)c1ccc(Oc2ccc(C#N)c(C#N)c2)c(Oc2ccc(C#N)c(N)c2)c1. The molecule has 0 saturated heterocycles. The molecule has 6 heteroatoms. The number of benzene rings is 3. The minimum absolute atomic E-state index is 0.122. The van der Waals surface area contributed by atoms with Crippen molar-refractivity contribution in [1.29, 1.82) is 15.8 Å². The number of nitriles is 3. The average molecular weight is 408 g/mol. The van der Waals surface area contributed by atoms with Gasteiger partial charge in [-0.1, -0.05) is 26.8 Å². The minimum Gasteiger partial charge on any atom is -0.453 e. The van der Waals surface area contributed by atoms with Gasteiger partial charge >= 0.3 is 0 Å². The molecule has 6 nitrogen and oxygen atoms in total. The molecule has 31 heavy (non-hydrogen) atoms. The van der Waals surface area contributed by atoms with Gasteiger partial charge in [-0.3, -0.25) is 0 Å². The fourth-order valence-electron chi connectivity index (χ4n) is 2.88. The summed E-state index contributed by atoms with van der Waals surface area (Å²) in [6.45, 7) is 6.27. The van der Waals surface area contributed by atoms with Gasteiger partial charge in [-0.05, 0) is 53.4 Å². The molecule has 152 valence electrons. The molecule has 0 saturated carbocycles. The van der Waals surface area contributed by atoms with E-state index in [4.69, 9.17) is 25.7 Å². The third kappa shape index (κ3) is 4.75. The maximum absolute atomic E-state index is 9.27. The number of nitrogen functional groups attached to an aromatic ring is 1. The lowest BCUT2D eigenvalue weighted by Crippen LogP contribution is -2.11. The molecule has 0 bridgehead atoms. The van der Waals surface area contributed by atoms with Crippen LogP contribution in [-0.4, -0.2) is 0 Å². The van der Waals surface area contributed by atoms with Crippen LogP contribution in [0.1, 0.15) is 43.0 Å². The summed E-state index contributed by atoms with van der Waals surface area (Å²) in [5.41, 5.74) is 8.03. The van der Waals surface area contributed by atoms with E-state index < -0.39 is 0 Å². The third-order valence-electron chi connectivity index (χ3n) is 4.64. The maximum atomic E-state index is 9.27. The van der Waals surface area contributed by atoms with E-state index in [2.05, 4.69) is 20.8 Å². The topological polar surface area (TPSA) is 116 Å². The second-order valence-corrected chi connectivity index (χ2v) is 7.91. The molecule has 0 unspecified atom stereocenters. The predicted molar refractivity (Wildman–Crippen MR) is 117 cm³/mol. The predicted octanol–water partition coefficient (Wildman–Crippen LogP) is 5.77. The monoisotopic (exact) mass is 408 g/mol. The molecule has 0 atom stereocenters. The Labute approximate surface area is 181 Å². The first kappa shape index (κ1) is 21.2. The van der Waals surface area contributed by atoms with Crippen LogP contribution >= 0.6 is 0 Å². The van der Waals surface area contributed by atoms with E-state index in [9.17, 15) is 5.26 Å². The Morgan fingerprint density at radius 2 is 1.26 bits per heavy atom. The van der Waals surface area contributed by atoms with Crippen molar-refractivity contribution in [3.8, 4) is 41.2 Å². The van der Waals surface area contributed by atoms with Crippen molar-refractivity contribution in [1.82, 2.24) is 0 Å². The van der Waals surface area contributed by atoms with E-state index in [-0.39, 0.29) is 16.5 Å². The molecule has 0 aliphatic heterocycles. The van der Waals surface area contributed by atoms with Crippen LogP contribution in [0.5, 0.6) is 23.0 Å². The zero-order chi connectivity index (χ0) is 22.6. The quantitative estimate of drug-likeness (QED) is 0.548. The van der Waals surface area contributed by atoms with Gasteiger partial charge < -0.3 is 15.2 Å². The van der Waals surface area contributed by atoms with E-state index >= 15 is 0 Å². The van der Waals surface area contributed by atoms with Gasteiger partial charge in [0.15, 0.2) is 11.5 Å². The van der Waals surface area contributed by atoms with Crippen molar-refractivity contribution in [3.63, 3.8) is 0 Å². The van der Waals surface area contributed by atoms with Crippen molar-refractivity contribution in [2.24, 2.45) is 0 Å². The fourth-order valence-corrected chi connectivity index (χ4v) is 2.88. The summed E-state index contributed by atoms with van der Waals surface area (Å²) in [6.07, 6.45) is 0. The first-order valence-electron chi connectivity index (χ1n) is 9.49. The summed E-state index contributed by atoms with van der Waals surface area (Å²) in [5, 5.41) is 27.5. The maximum Gasteiger partial charge on any atom is 0.170 e. The van der Waals surface area contributed by atoms with Gasteiger partial charge in [0.1, 0.15) is 29.7 Å². The number of nitrogens with two attached hydrogens (primary N) is 1. The summed E-state index contributed by atoms with van der Waals surface area (Å²) in [6, 6.07) is 21.2. The summed E-state index contributed by atoms with van der Waals surface area (Å²) >= 11 is 0. The van der Waals surface area contributed by atoms with Crippen molar-refractivity contribution >= 4 is 5.69 Å². The normalized spacial score (nSPS) is 10.5. The van der Waals surface area contributed by atoms with Crippen LogP contribution in [0.3, 0.4) is 0 Å². The highest BCUT2D eigenvalue weighted by Crippen LogP contribution is 2.39. The number of ether oxygens (including phenoxy) is 2. The van der Waals surface area contributed by atoms with Crippen LogP contribution in [-0.2, 0) is 5.41 Å². The second-order valence-electron chi connectivity index (χ2n) is 7.91. The van der Waals surface area contributed by atoms with Crippen molar-refractivity contribution in [3.05, 3.63) is 76.9 Å². The first-order valence-corrected chi connectivity index (χ1v) is 9.49. The van der Waals surface area contributed by atoms with E-state index in [0.717, 1.165) is 5.56 Å². The van der Waals surface area contributed by atoms with Gasteiger partial charge in [-0.25, -0.2) is 0 Å². The van der Waals surface area contributed by atoms with Gasteiger partial charge in [-0.15, -0.1) is 0 Å². The Bertz CT molecular complexity index is 1270. The standard InChI is InChI=1S/C25H20N4O2/c1-25(2,3)19-6-9-23(30-20-7-4-16(13-26)18(10-20)15-28)24(11-19)31-21-8-5-17(14-27)22(29)12-21/h4-12H,29H2,1-3H3. The molecule has 0 aliphatic rings. The van der Waals surface area contributed by atoms with E-state index in [1.165, 1.54) is 6.07 Å². The number of rotatable bonds is 4. The average Bonchev–Trinajstić information content (AvgIpc) is 2.74. The Hall–Kier alpha value is -4.47. The fraction of sp³-hybridized carbons (Fsp3) is 0.160. The van der Waals surface area contributed by atoms with E-state index in [0.29, 0.717) is 34.2 Å². The summed E-state index contributed by atoms with van der Waals surface area (Å²) < 4.78 is 12.1. The number of hydrogen-bond acceptors (Lipinski definition) is 6. The molecule has 3 aromatic rings. The zero-order valence-electron chi connectivity index (χ0n) is 17.4. The van der Waals surface area contributed by atoms with Crippen LogP contribution in [0.2, 0.25) is 0 Å². The number of anilines is 1. The van der Waals surface area contributed by atoms with Crippen molar-refractivity contribution in [2.75, 3.05) is 5.73 Å². The molecule has 0 spiro atoms. The molecule has 0 aromatic heterocycles. The zero-order valence-corrected chi connectivity index (χ0v) is 17.4. The van der Waals surface area contributed by atoms with Gasteiger partial charge in [0, 0.05) is 6.07 Å². The van der Waals surface area contributed by atoms with Gasteiger partial charge in [0.05, 0.1) is 22.4 Å². The Kier molecular flexibility index (Phi) is 5.82. The minimum atomic E-state index is -0.122. The van der Waals surface area contributed by atoms with Crippen LogP contribution in [0.25, 0.3) is 0 Å². The van der Waals surface area contributed by atoms with Crippen molar-refractivity contribution in [2.45, 2.75) is 26.2 Å². The Morgan fingerprint density at radius 3 is 1.84 bits per heavy atom. The van der Waals surface area contributed by atoms with Crippen LogP contribution in [0, 0.1) is 34.0 Å². The molecule has 2 N–H and O–H groups in total. The first-order chi connectivity index (χ1) is 14.7. The van der Waals surface area contributed by atoms with Crippen LogP contribution in [0.4, 0.5) is 5.69 Å². The smallest absolute Gasteiger partial charge is 0.170 e. The van der Waals surface area contributed by atoms with Crippen LogP contribution in [0.15, 0.2) is 54.6 Å². The van der Waals surface area contributed by atoms with Gasteiger partial charge in [0.2, 0.25) is 0 Å². The largest absolute Gasteiger partial charge is 0.453 e. The van der Waals surface area contributed by atoms with Crippen LogP contribution < -0.4 is 15.2 Å². The summed E-state index contributed by atoms with van der Waals surface area (Å²) in [7, 11) is 0. The van der Waals surface area contributed by atoms with Gasteiger partial charge in [-0.2, -0.15) is 15.8 Å². The highest BCUT2D eigenvalue weighted by atomic mass is 16.5. The summed E-state index contributed by atoms with van der Waals surface area (Å²) in [5.74, 6) is 1.76. The molecule has 0 heterocycles. The van der Waals surface area contributed by atoms with Crippen molar-refractivity contribution < 1.29 is 9.47 Å². The summed E-state index contributed by atoms with van der Waals surface area (Å²) in [4.78, 5) is 0. The molecule has 3 aromatic carbocycles. The second kappa shape index (κ2) is 8.49. The lowest BCUT2D eigenvalue weighted by molar-refractivity contribution is 0.416. The highest BCUT2D eigenvalue weighted by molar-refractivity contribution is 5.58. The Balaban J connectivity index is 2.02. The van der Waals surface area contributed by atoms with Gasteiger partial charge in [0.25, 0.3) is 0 Å². The number of hydrogen-bond donors (Lipinski definition) is 1. The Morgan fingerprint density at radius 1 is 0.677 bits per heavy atom. The van der Waals surface area contributed by atoms with E-state index in [1.54, 1.807) is 36.4 Å². The molecule has 0 fully saturated rings. The molecular formula is C25H20N4O2. The molecule has 0 amide bonds. The third-order valence-corrected chi connectivity index (χ3v) is 4.64. The molecule has 0 aliphatic carbocycles. The number of nitrogens with zero attached hydrogens (tertiary/aromatic N) is 3. The lowest BCUT2D eigenvalue weighted by Gasteiger charge is -2.21. The lowest BCUT2D eigenvalue weighted by atomic mass is 9.87. The molecule has 3 rings (SSSR count). The molecular weight excluding hydrogens is 388 g/mol. The highest BCUT2D eigenvalue weighted by Gasteiger charge is 2.18.